The number of nitrogens with zero attached hydrogens (tertiary/aromatic N) is 2. The van der Waals surface area contributed by atoms with Crippen LogP contribution >= 0.6 is 24.0 Å². The Hall–Kier alpha value is -0.890. The number of hydrogen-bond acceptors (Lipinski definition) is 2. The van der Waals surface area contributed by atoms with Crippen molar-refractivity contribution in [2.24, 2.45) is 4.99 Å². The Morgan fingerprint density at radius 1 is 1.12 bits per heavy atom. The van der Waals surface area contributed by atoms with Gasteiger partial charge in [0.05, 0.1) is 6.54 Å². The summed E-state index contributed by atoms with van der Waals surface area (Å²) >= 11 is 0. The van der Waals surface area contributed by atoms with Crippen LogP contribution in [-0.4, -0.2) is 43.6 Å². The molecule has 0 unspecified atom stereocenters. The van der Waals surface area contributed by atoms with Crippen LogP contribution in [0.25, 0.3) is 0 Å². The summed E-state index contributed by atoms with van der Waals surface area (Å²) in [5.41, 5.74) is 1.01. The summed E-state index contributed by atoms with van der Waals surface area (Å²) in [6.45, 7) is 8.15. The van der Waals surface area contributed by atoms with Gasteiger partial charge in [-0.05, 0) is 69.9 Å². The molecule has 1 saturated heterocycles. The average Bonchev–Trinajstić information content (AvgIpc) is 3.07. The molecule has 1 aliphatic rings. The van der Waals surface area contributed by atoms with Crippen molar-refractivity contribution in [2.45, 2.75) is 39.2 Å². The molecule has 136 valence electrons. The predicted octanol–water partition coefficient (Wildman–Crippen LogP) is 3.37. The number of aliphatic imine (C=N–C) groups is 1. The number of nitrogens with one attached hydrogen (secondary N) is 2. The van der Waals surface area contributed by atoms with E-state index in [4.69, 9.17) is 0 Å². The van der Waals surface area contributed by atoms with E-state index in [1.165, 1.54) is 51.0 Å². The van der Waals surface area contributed by atoms with E-state index >= 15 is 0 Å². The Balaban J connectivity index is 0.00000288. The first-order valence-corrected chi connectivity index (χ1v) is 8.77. The third-order valence-corrected chi connectivity index (χ3v) is 4.07. The fourth-order valence-electron chi connectivity index (χ4n) is 2.78. The number of unbranched alkanes of at least 4 members (excludes halogenated alkanes) is 1. The summed E-state index contributed by atoms with van der Waals surface area (Å²) in [5.74, 6) is 0.624. The smallest absolute Gasteiger partial charge is 0.191 e. The van der Waals surface area contributed by atoms with Crippen LogP contribution in [0.1, 0.15) is 38.2 Å². The molecule has 0 saturated carbocycles. The van der Waals surface area contributed by atoms with Gasteiger partial charge < -0.3 is 15.5 Å². The molecule has 2 N–H and O–H groups in total. The molecule has 1 heterocycles. The van der Waals surface area contributed by atoms with E-state index in [2.05, 4.69) is 27.4 Å². The Labute approximate surface area is 162 Å². The number of hydrogen-bond donors (Lipinski definition) is 2. The fourth-order valence-corrected chi connectivity index (χ4v) is 2.78. The van der Waals surface area contributed by atoms with Gasteiger partial charge in [0.1, 0.15) is 5.82 Å². The highest BCUT2D eigenvalue weighted by molar-refractivity contribution is 14.0. The lowest BCUT2D eigenvalue weighted by Crippen LogP contribution is -2.38. The van der Waals surface area contributed by atoms with Crippen LogP contribution < -0.4 is 10.6 Å². The zero-order valence-electron chi connectivity index (χ0n) is 14.6. The summed E-state index contributed by atoms with van der Waals surface area (Å²) in [6, 6.07) is 6.50. The largest absolute Gasteiger partial charge is 0.357 e. The van der Waals surface area contributed by atoms with Crippen LogP contribution in [0, 0.1) is 5.82 Å². The zero-order chi connectivity index (χ0) is 16.3. The van der Waals surface area contributed by atoms with Crippen LogP contribution in [0.4, 0.5) is 4.39 Å². The van der Waals surface area contributed by atoms with Gasteiger partial charge in [0, 0.05) is 13.1 Å². The molecule has 1 aromatic carbocycles. The molecule has 0 radical (unpaired) electrons. The summed E-state index contributed by atoms with van der Waals surface area (Å²) in [5, 5.41) is 6.62. The highest BCUT2D eigenvalue weighted by Gasteiger charge is 2.09. The van der Waals surface area contributed by atoms with Crippen molar-refractivity contribution in [1.82, 2.24) is 15.5 Å². The molecule has 24 heavy (non-hydrogen) atoms. The van der Waals surface area contributed by atoms with Gasteiger partial charge in [0.15, 0.2) is 5.96 Å². The van der Waals surface area contributed by atoms with Gasteiger partial charge in [-0.25, -0.2) is 9.38 Å². The molecule has 1 aliphatic heterocycles. The molecule has 0 atom stereocenters. The maximum absolute atomic E-state index is 12.9. The quantitative estimate of drug-likeness (QED) is 0.277. The van der Waals surface area contributed by atoms with E-state index in [-0.39, 0.29) is 29.8 Å². The maximum atomic E-state index is 12.9. The first-order valence-electron chi connectivity index (χ1n) is 8.77. The predicted molar refractivity (Wildman–Crippen MR) is 110 cm³/mol. The second kappa shape index (κ2) is 12.5. The topological polar surface area (TPSA) is 39.7 Å². The number of halogens is 2. The molecule has 2 rings (SSSR count). The summed E-state index contributed by atoms with van der Waals surface area (Å²) in [4.78, 5) is 7.10. The van der Waals surface area contributed by atoms with Crippen molar-refractivity contribution in [1.29, 1.82) is 0 Å². The molecular formula is C18H30FIN4. The lowest BCUT2D eigenvalue weighted by atomic mass is 10.2. The fraction of sp³-hybridized carbons (Fsp3) is 0.611. The minimum atomic E-state index is -0.208. The lowest BCUT2D eigenvalue weighted by Gasteiger charge is -2.15. The van der Waals surface area contributed by atoms with Gasteiger partial charge in [0.2, 0.25) is 0 Å². The number of guanidine groups is 1. The van der Waals surface area contributed by atoms with Crippen molar-refractivity contribution < 1.29 is 4.39 Å². The lowest BCUT2D eigenvalue weighted by molar-refractivity contribution is 0.330. The maximum Gasteiger partial charge on any atom is 0.191 e. The van der Waals surface area contributed by atoms with Crippen LogP contribution in [-0.2, 0) is 6.54 Å². The minimum Gasteiger partial charge on any atom is -0.357 e. The summed E-state index contributed by atoms with van der Waals surface area (Å²) in [7, 11) is 0. The Bertz CT molecular complexity index is 472. The second-order valence-electron chi connectivity index (χ2n) is 6.00. The normalized spacial score (nSPS) is 15.2. The van der Waals surface area contributed by atoms with Gasteiger partial charge in [-0.3, -0.25) is 0 Å². The summed E-state index contributed by atoms with van der Waals surface area (Å²) < 4.78 is 12.9. The van der Waals surface area contributed by atoms with Gasteiger partial charge in [0.25, 0.3) is 0 Å². The monoisotopic (exact) mass is 448 g/mol. The third kappa shape index (κ3) is 8.28. The first kappa shape index (κ1) is 21.2. The second-order valence-corrected chi connectivity index (χ2v) is 6.00. The molecule has 0 aliphatic carbocycles. The first-order chi connectivity index (χ1) is 11.3. The van der Waals surface area contributed by atoms with Gasteiger partial charge in [-0.15, -0.1) is 24.0 Å². The third-order valence-electron chi connectivity index (χ3n) is 4.07. The molecule has 0 aromatic heterocycles. The standard InChI is InChI=1S/C18H29FN4.HI/c1-2-20-18(22-15-16-7-9-17(19)10-8-16)21-11-3-4-12-23-13-5-6-14-23;/h7-10H,2-6,11-15H2,1H3,(H2,20,21,22);1H. The van der Waals surface area contributed by atoms with Gasteiger partial charge >= 0.3 is 0 Å². The zero-order valence-corrected chi connectivity index (χ0v) is 16.9. The van der Waals surface area contributed by atoms with Crippen molar-refractivity contribution in [3.05, 3.63) is 35.6 Å². The van der Waals surface area contributed by atoms with Gasteiger partial charge in [-0.2, -0.15) is 0 Å². The van der Waals surface area contributed by atoms with Crippen LogP contribution in [0.3, 0.4) is 0 Å². The number of rotatable bonds is 8. The molecule has 4 nitrogen and oxygen atoms in total. The van der Waals surface area contributed by atoms with E-state index in [1.54, 1.807) is 12.1 Å². The molecule has 0 amide bonds. The number of benzene rings is 1. The van der Waals surface area contributed by atoms with E-state index in [9.17, 15) is 4.39 Å². The van der Waals surface area contributed by atoms with E-state index in [0.29, 0.717) is 6.54 Å². The summed E-state index contributed by atoms with van der Waals surface area (Å²) in [6.07, 6.45) is 5.10. The van der Waals surface area contributed by atoms with Crippen molar-refractivity contribution in [3.63, 3.8) is 0 Å². The Kier molecular flexibility index (Phi) is 11.0. The van der Waals surface area contributed by atoms with Crippen molar-refractivity contribution in [3.8, 4) is 0 Å². The van der Waals surface area contributed by atoms with E-state index in [1.807, 2.05) is 0 Å². The van der Waals surface area contributed by atoms with E-state index in [0.717, 1.165) is 31.0 Å². The molecular weight excluding hydrogens is 418 g/mol. The Morgan fingerprint density at radius 2 is 1.83 bits per heavy atom. The minimum absolute atomic E-state index is 0. The van der Waals surface area contributed by atoms with Crippen LogP contribution in [0.5, 0.6) is 0 Å². The van der Waals surface area contributed by atoms with Crippen molar-refractivity contribution in [2.75, 3.05) is 32.7 Å². The molecule has 6 heteroatoms. The van der Waals surface area contributed by atoms with E-state index < -0.39 is 0 Å². The molecule has 1 fully saturated rings. The average molecular weight is 448 g/mol. The van der Waals surface area contributed by atoms with Gasteiger partial charge in [-0.1, -0.05) is 12.1 Å². The van der Waals surface area contributed by atoms with Crippen LogP contribution in [0.15, 0.2) is 29.3 Å². The molecule has 0 bridgehead atoms. The van der Waals surface area contributed by atoms with Crippen molar-refractivity contribution >= 4 is 29.9 Å². The van der Waals surface area contributed by atoms with Crippen LogP contribution in [0.2, 0.25) is 0 Å². The Morgan fingerprint density at radius 3 is 2.50 bits per heavy atom. The highest BCUT2D eigenvalue weighted by atomic mass is 127. The highest BCUT2D eigenvalue weighted by Crippen LogP contribution is 2.08. The number of likely N-dealkylation sites (tertiary alicyclic amines) is 1. The molecule has 0 spiro atoms. The SMILES string of the molecule is CCNC(=NCc1ccc(F)cc1)NCCCCN1CCCC1.I. The molecule has 1 aromatic rings.